The SMILES string of the molecule is CCC.CCC(=O)NCc1cnn(C(C)C)c1. The first-order valence-electron chi connectivity index (χ1n) is 6.34. The number of nitrogens with zero attached hydrogens (tertiary/aromatic N) is 2. The van der Waals surface area contributed by atoms with Crippen LogP contribution >= 0.6 is 0 Å². The van der Waals surface area contributed by atoms with E-state index in [2.05, 4.69) is 38.1 Å². The van der Waals surface area contributed by atoms with Gasteiger partial charge in [0.05, 0.1) is 6.20 Å². The average Bonchev–Trinajstić information content (AvgIpc) is 2.75. The van der Waals surface area contributed by atoms with Gasteiger partial charge in [0.15, 0.2) is 0 Å². The van der Waals surface area contributed by atoms with Crippen LogP contribution in [0.4, 0.5) is 0 Å². The number of carbonyl (C=O) groups is 1. The number of aromatic nitrogens is 2. The van der Waals surface area contributed by atoms with E-state index in [-0.39, 0.29) is 5.91 Å². The van der Waals surface area contributed by atoms with Crippen LogP contribution in [0.3, 0.4) is 0 Å². The predicted octanol–water partition coefficient (Wildman–Crippen LogP) is 2.91. The highest BCUT2D eigenvalue weighted by Crippen LogP contribution is 2.04. The zero-order chi connectivity index (χ0) is 13.3. The maximum absolute atomic E-state index is 11.0. The second kappa shape index (κ2) is 8.79. The molecule has 1 rings (SSSR count). The summed E-state index contributed by atoms with van der Waals surface area (Å²) in [7, 11) is 0. The Hall–Kier alpha value is -1.32. The lowest BCUT2D eigenvalue weighted by molar-refractivity contribution is -0.120. The van der Waals surface area contributed by atoms with Gasteiger partial charge < -0.3 is 5.32 Å². The third-order valence-electron chi connectivity index (χ3n) is 1.99. The average molecular weight is 239 g/mol. The molecule has 0 aliphatic rings. The van der Waals surface area contributed by atoms with E-state index in [1.165, 1.54) is 6.42 Å². The highest BCUT2D eigenvalue weighted by atomic mass is 16.1. The van der Waals surface area contributed by atoms with Crippen LogP contribution in [0, 0.1) is 0 Å². The maximum Gasteiger partial charge on any atom is 0.219 e. The molecule has 0 aliphatic carbocycles. The van der Waals surface area contributed by atoms with Crippen LogP contribution in [0.2, 0.25) is 0 Å². The molecule has 0 spiro atoms. The van der Waals surface area contributed by atoms with Gasteiger partial charge in [0.25, 0.3) is 0 Å². The quantitative estimate of drug-likeness (QED) is 0.878. The Kier molecular flexibility index (Phi) is 8.11. The normalized spacial score (nSPS) is 9.76. The van der Waals surface area contributed by atoms with Gasteiger partial charge in [0.2, 0.25) is 5.91 Å². The molecule has 0 atom stereocenters. The van der Waals surface area contributed by atoms with Gasteiger partial charge in [-0.2, -0.15) is 5.10 Å². The molecule has 1 aromatic rings. The topological polar surface area (TPSA) is 46.9 Å². The highest BCUT2D eigenvalue weighted by molar-refractivity contribution is 5.75. The van der Waals surface area contributed by atoms with Gasteiger partial charge in [0, 0.05) is 30.8 Å². The van der Waals surface area contributed by atoms with Crippen LogP contribution in [0.15, 0.2) is 12.4 Å². The minimum absolute atomic E-state index is 0.0716. The van der Waals surface area contributed by atoms with Crippen molar-refractivity contribution >= 4 is 5.91 Å². The molecule has 4 nitrogen and oxygen atoms in total. The lowest BCUT2D eigenvalue weighted by Gasteiger charge is -2.03. The lowest BCUT2D eigenvalue weighted by Crippen LogP contribution is -2.21. The molecule has 1 amide bonds. The molecular weight excluding hydrogens is 214 g/mol. The van der Waals surface area contributed by atoms with Crippen LogP contribution in [0.25, 0.3) is 0 Å². The van der Waals surface area contributed by atoms with Gasteiger partial charge in [-0.05, 0) is 13.8 Å². The van der Waals surface area contributed by atoms with Crippen LogP contribution in [-0.2, 0) is 11.3 Å². The molecule has 1 heterocycles. The smallest absolute Gasteiger partial charge is 0.219 e. The maximum atomic E-state index is 11.0. The van der Waals surface area contributed by atoms with Crippen molar-refractivity contribution in [2.75, 3.05) is 0 Å². The van der Waals surface area contributed by atoms with E-state index in [9.17, 15) is 4.79 Å². The zero-order valence-electron chi connectivity index (χ0n) is 11.7. The Morgan fingerprint density at radius 1 is 1.41 bits per heavy atom. The van der Waals surface area contributed by atoms with Gasteiger partial charge in [0.1, 0.15) is 0 Å². The molecule has 0 unspecified atom stereocenters. The van der Waals surface area contributed by atoms with E-state index >= 15 is 0 Å². The summed E-state index contributed by atoms with van der Waals surface area (Å²) in [5.74, 6) is 0.0716. The molecule has 0 radical (unpaired) electrons. The molecule has 98 valence electrons. The minimum Gasteiger partial charge on any atom is -0.352 e. The van der Waals surface area contributed by atoms with E-state index in [1.807, 2.05) is 17.8 Å². The van der Waals surface area contributed by atoms with Crippen molar-refractivity contribution in [2.45, 2.75) is 60.0 Å². The first kappa shape index (κ1) is 15.7. The summed E-state index contributed by atoms with van der Waals surface area (Å²) in [5.41, 5.74) is 1.04. The summed E-state index contributed by atoms with van der Waals surface area (Å²) < 4.78 is 1.88. The Bertz CT molecular complexity index is 318. The van der Waals surface area contributed by atoms with Crippen LogP contribution < -0.4 is 5.32 Å². The standard InChI is InChI=1S/C10H17N3O.C3H8/c1-4-10(14)11-5-9-6-12-13(7-9)8(2)3;1-3-2/h6-8H,4-5H2,1-3H3,(H,11,14);3H2,1-2H3. The molecule has 0 fully saturated rings. The van der Waals surface area contributed by atoms with Crippen molar-refractivity contribution in [3.8, 4) is 0 Å². The summed E-state index contributed by atoms with van der Waals surface area (Å²) in [4.78, 5) is 11.0. The van der Waals surface area contributed by atoms with E-state index in [1.54, 1.807) is 6.20 Å². The third-order valence-corrected chi connectivity index (χ3v) is 1.99. The Labute approximate surface area is 104 Å². The van der Waals surface area contributed by atoms with Gasteiger partial charge >= 0.3 is 0 Å². The zero-order valence-corrected chi connectivity index (χ0v) is 11.7. The summed E-state index contributed by atoms with van der Waals surface area (Å²) >= 11 is 0. The van der Waals surface area contributed by atoms with Crippen molar-refractivity contribution in [2.24, 2.45) is 0 Å². The summed E-state index contributed by atoms with van der Waals surface area (Å²) in [6.07, 6.45) is 5.52. The molecule has 1 N–H and O–H groups in total. The number of carbonyl (C=O) groups excluding carboxylic acids is 1. The van der Waals surface area contributed by atoms with E-state index in [4.69, 9.17) is 0 Å². The molecule has 17 heavy (non-hydrogen) atoms. The minimum atomic E-state index is 0.0716. The fourth-order valence-corrected chi connectivity index (χ4v) is 1.08. The molecule has 0 aliphatic heterocycles. The third kappa shape index (κ3) is 6.76. The number of rotatable bonds is 4. The van der Waals surface area contributed by atoms with Crippen molar-refractivity contribution in [3.63, 3.8) is 0 Å². The largest absolute Gasteiger partial charge is 0.352 e. The Morgan fingerprint density at radius 3 is 2.41 bits per heavy atom. The highest BCUT2D eigenvalue weighted by Gasteiger charge is 2.02. The summed E-state index contributed by atoms with van der Waals surface area (Å²) in [6.45, 7) is 10.8. The Balaban J connectivity index is 0.000000770. The molecule has 0 bridgehead atoms. The molecule has 0 saturated carbocycles. The van der Waals surface area contributed by atoms with Crippen molar-refractivity contribution in [1.82, 2.24) is 15.1 Å². The molecule has 0 aromatic carbocycles. The van der Waals surface area contributed by atoms with E-state index in [0.717, 1.165) is 5.56 Å². The number of hydrogen-bond donors (Lipinski definition) is 1. The summed E-state index contributed by atoms with van der Waals surface area (Å²) in [5, 5.41) is 6.99. The second-order valence-corrected chi connectivity index (χ2v) is 4.26. The van der Waals surface area contributed by atoms with Crippen molar-refractivity contribution < 1.29 is 4.79 Å². The van der Waals surface area contributed by atoms with Gasteiger partial charge in [-0.25, -0.2) is 0 Å². The van der Waals surface area contributed by atoms with Gasteiger partial charge in [-0.15, -0.1) is 0 Å². The van der Waals surface area contributed by atoms with Crippen LogP contribution in [0.1, 0.15) is 59.1 Å². The molecule has 1 aromatic heterocycles. The van der Waals surface area contributed by atoms with Crippen molar-refractivity contribution in [3.05, 3.63) is 18.0 Å². The molecular formula is C13H25N3O. The molecule has 0 saturated heterocycles. The number of nitrogens with one attached hydrogen (secondary N) is 1. The molecule has 4 heteroatoms. The second-order valence-electron chi connectivity index (χ2n) is 4.26. The lowest BCUT2D eigenvalue weighted by atomic mass is 10.3. The van der Waals surface area contributed by atoms with Gasteiger partial charge in [-0.1, -0.05) is 27.2 Å². The first-order chi connectivity index (χ1) is 8.04. The van der Waals surface area contributed by atoms with Gasteiger partial charge in [-0.3, -0.25) is 9.48 Å². The first-order valence-corrected chi connectivity index (χ1v) is 6.34. The predicted molar refractivity (Wildman–Crippen MR) is 70.7 cm³/mol. The van der Waals surface area contributed by atoms with E-state index < -0.39 is 0 Å². The van der Waals surface area contributed by atoms with Crippen LogP contribution in [-0.4, -0.2) is 15.7 Å². The summed E-state index contributed by atoms with van der Waals surface area (Å²) in [6, 6.07) is 0.366. The van der Waals surface area contributed by atoms with Crippen LogP contribution in [0.5, 0.6) is 0 Å². The Morgan fingerprint density at radius 2 is 2.00 bits per heavy atom. The monoisotopic (exact) mass is 239 g/mol. The number of hydrogen-bond acceptors (Lipinski definition) is 2. The van der Waals surface area contributed by atoms with Crippen molar-refractivity contribution in [1.29, 1.82) is 0 Å². The van der Waals surface area contributed by atoms with E-state index in [0.29, 0.717) is 19.0 Å². The fraction of sp³-hybridized carbons (Fsp3) is 0.692. The number of amides is 1. The fourth-order valence-electron chi connectivity index (χ4n) is 1.08.